The predicted molar refractivity (Wildman–Crippen MR) is 140 cm³/mol. The molecular weight excluding hydrogens is 440 g/mol. The van der Waals surface area contributed by atoms with E-state index in [0.29, 0.717) is 0 Å². The van der Waals surface area contributed by atoms with E-state index in [1.807, 2.05) is 41.8 Å². The fourth-order valence-electron chi connectivity index (χ4n) is 4.76. The molecule has 4 N–H and O–H groups in total. The van der Waals surface area contributed by atoms with Gasteiger partial charge in [0.2, 0.25) is 0 Å². The summed E-state index contributed by atoms with van der Waals surface area (Å²) < 4.78 is 4.11. The Labute approximate surface area is 204 Å². The van der Waals surface area contributed by atoms with Crippen LogP contribution < -0.4 is 21.3 Å². The number of rotatable bonds is 3. The van der Waals surface area contributed by atoms with Gasteiger partial charge in [0.1, 0.15) is 35.7 Å². The third-order valence-corrected chi connectivity index (χ3v) is 6.63. The van der Waals surface area contributed by atoms with Crippen LogP contribution in [0.25, 0.3) is 22.4 Å². The molecule has 0 saturated carbocycles. The van der Waals surface area contributed by atoms with E-state index in [4.69, 9.17) is 11.5 Å². The van der Waals surface area contributed by atoms with E-state index in [0.717, 1.165) is 78.1 Å². The van der Waals surface area contributed by atoms with E-state index in [-0.39, 0.29) is 0 Å². The summed E-state index contributed by atoms with van der Waals surface area (Å²) >= 11 is 0. The van der Waals surface area contributed by atoms with Crippen LogP contribution in [0.5, 0.6) is 0 Å². The zero-order valence-corrected chi connectivity index (χ0v) is 20.7. The number of nitrogens with zero attached hydrogens (tertiary/aromatic N) is 8. The SMILES string of the molecule is CCCN1CC(C)=C(N)c2ncc3cncn3c21.CCN1CC(C)=C(N)c2ncc3cncn3c21. The molecule has 0 atom stereocenters. The smallest absolute Gasteiger partial charge is 0.143 e. The summed E-state index contributed by atoms with van der Waals surface area (Å²) in [6.45, 7) is 12.1. The highest BCUT2D eigenvalue weighted by Gasteiger charge is 2.25. The molecule has 0 aliphatic carbocycles. The van der Waals surface area contributed by atoms with Crippen molar-refractivity contribution in [3.8, 4) is 0 Å². The van der Waals surface area contributed by atoms with Gasteiger partial charge in [-0.1, -0.05) is 6.92 Å². The van der Waals surface area contributed by atoms with Crippen LogP contribution in [-0.2, 0) is 0 Å². The second-order valence-corrected chi connectivity index (χ2v) is 9.06. The largest absolute Gasteiger partial charge is 0.397 e. The van der Waals surface area contributed by atoms with Crippen molar-refractivity contribution < 1.29 is 0 Å². The van der Waals surface area contributed by atoms with E-state index >= 15 is 0 Å². The molecule has 0 fully saturated rings. The third-order valence-electron chi connectivity index (χ3n) is 6.63. The summed E-state index contributed by atoms with van der Waals surface area (Å²) in [5.74, 6) is 2.11. The van der Waals surface area contributed by atoms with Gasteiger partial charge in [-0.3, -0.25) is 8.80 Å². The fourth-order valence-corrected chi connectivity index (χ4v) is 4.76. The van der Waals surface area contributed by atoms with Gasteiger partial charge in [0.05, 0.1) is 47.2 Å². The van der Waals surface area contributed by atoms with Crippen molar-refractivity contribution >= 4 is 34.1 Å². The molecule has 4 aromatic rings. The monoisotopic (exact) mass is 472 g/mol. The van der Waals surface area contributed by atoms with Crippen molar-refractivity contribution in [2.45, 2.75) is 34.1 Å². The molecule has 182 valence electrons. The van der Waals surface area contributed by atoms with Crippen LogP contribution in [0.3, 0.4) is 0 Å². The van der Waals surface area contributed by atoms with Crippen LogP contribution in [0.1, 0.15) is 45.5 Å². The number of hydrogen-bond donors (Lipinski definition) is 2. The molecule has 6 heterocycles. The van der Waals surface area contributed by atoms with Gasteiger partial charge in [-0.15, -0.1) is 0 Å². The molecule has 10 heteroatoms. The van der Waals surface area contributed by atoms with Crippen molar-refractivity contribution in [3.05, 3.63) is 60.0 Å². The van der Waals surface area contributed by atoms with E-state index < -0.39 is 0 Å². The Morgan fingerprint density at radius 2 is 1.23 bits per heavy atom. The van der Waals surface area contributed by atoms with Crippen LogP contribution in [0.4, 0.5) is 11.6 Å². The molecule has 6 rings (SSSR count). The summed E-state index contributed by atoms with van der Waals surface area (Å²) in [5, 5.41) is 0. The lowest BCUT2D eigenvalue weighted by molar-refractivity contribution is 0.764. The zero-order chi connectivity index (χ0) is 24.7. The van der Waals surface area contributed by atoms with Gasteiger partial charge in [0.25, 0.3) is 0 Å². The van der Waals surface area contributed by atoms with Gasteiger partial charge < -0.3 is 21.3 Å². The molecule has 0 aromatic carbocycles. The second-order valence-electron chi connectivity index (χ2n) is 9.06. The van der Waals surface area contributed by atoms with Crippen molar-refractivity contribution in [1.82, 2.24) is 28.7 Å². The van der Waals surface area contributed by atoms with Crippen molar-refractivity contribution in [2.24, 2.45) is 11.5 Å². The summed E-state index contributed by atoms with van der Waals surface area (Å²) in [6, 6.07) is 0. The van der Waals surface area contributed by atoms with E-state index in [1.165, 1.54) is 11.1 Å². The number of hydrogen-bond acceptors (Lipinski definition) is 8. The van der Waals surface area contributed by atoms with Crippen LogP contribution in [0, 0.1) is 0 Å². The Morgan fingerprint density at radius 1 is 0.743 bits per heavy atom. The zero-order valence-electron chi connectivity index (χ0n) is 20.7. The van der Waals surface area contributed by atoms with Crippen LogP contribution >= 0.6 is 0 Å². The molecule has 4 aromatic heterocycles. The quantitative estimate of drug-likeness (QED) is 0.467. The maximum Gasteiger partial charge on any atom is 0.143 e. The maximum absolute atomic E-state index is 6.16. The third kappa shape index (κ3) is 3.74. The van der Waals surface area contributed by atoms with Crippen LogP contribution in [0.15, 0.2) is 48.6 Å². The van der Waals surface area contributed by atoms with Gasteiger partial charge in [0.15, 0.2) is 0 Å². The molecule has 0 radical (unpaired) electrons. The Kier molecular flexibility index (Phi) is 5.80. The summed E-state index contributed by atoms with van der Waals surface area (Å²) in [6.07, 6.45) is 12.0. The number of nitrogens with two attached hydrogens (primary N) is 2. The van der Waals surface area contributed by atoms with Gasteiger partial charge in [0, 0.05) is 26.2 Å². The average molecular weight is 473 g/mol. The summed E-state index contributed by atoms with van der Waals surface area (Å²) in [5.41, 5.74) is 20.0. The van der Waals surface area contributed by atoms with E-state index in [2.05, 4.69) is 61.8 Å². The first-order valence-electron chi connectivity index (χ1n) is 12.0. The lowest BCUT2D eigenvalue weighted by atomic mass is 10.1. The number of anilines is 2. The van der Waals surface area contributed by atoms with Crippen molar-refractivity contribution in [2.75, 3.05) is 36.0 Å². The molecule has 0 unspecified atom stereocenters. The molecule has 0 saturated heterocycles. The first kappa shape index (κ1) is 22.7. The Bertz CT molecular complexity index is 1460. The van der Waals surface area contributed by atoms with Gasteiger partial charge in [-0.2, -0.15) is 0 Å². The average Bonchev–Trinajstić information content (AvgIpc) is 3.54. The molecule has 0 amide bonds. The minimum absolute atomic E-state index is 0.792. The summed E-state index contributed by atoms with van der Waals surface area (Å²) in [7, 11) is 0. The maximum atomic E-state index is 6.16. The van der Waals surface area contributed by atoms with Crippen molar-refractivity contribution in [3.63, 3.8) is 0 Å². The Balaban J connectivity index is 0.000000145. The van der Waals surface area contributed by atoms with Crippen LogP contribution in [0.2, 0.25) is 0 Å². The Hall–Kier alpha value is -4.08. The summed E-state index contributed by atoms with van der Waals surface area (Å²) in [4.78, 5) is 21.9. The molecule has 2 aliphatic heterocycles. The lowest BCUT2D eigenvalue weighted by Crippen LogP contribution is -2.33. The first-order chi connectivity index (χ1) is 16.9. The fraction of sp³-hybridized carbons (Fsp3) is 0.360. The standard InChI is InChI=1S/C13H17N5.C12H15N5/c1-3-4-17-7-9(2)11(14)12-13(17)18-8-15-5-10(18)6-16-12;1-3-16-6-8(2)10(13)11-12(16)17-7-14-4-9(17)5-15-11/h5-6,8H,3-4,7,14H2,1-2H3;4-5,7H,3,6,13H2,1-2H3. The highest BCUT2D eigenvalue weighted by molar-refractivity contribution is 5.78. The number of imidazole rings is 2. The molecule has 35 heavy (non-hydrogen) atoms. The van der Waals surface area contributed by atoms with E-state index in [1.54, 1.807) is 0 Å². The highest BCUT2D eigenvalue weighted by atomic mass is 15.3. The van der Waals surface area contributed by atoms with Gasteiger partial charge in [-0.05, 0) is 38.3 Å². The molecule has 0 spiro atoms. The molecule has 0 bridgehead atoms. The molecular formula is C25H32N10. The normalized spacial score (nSPS) is 15.4. The lowest BCUT2D eigenvalue weighted by Gasteiger charge is -2.31. The number of fused-ring (bicyclic) bond motifs is 6. The second kappa shape index (κ2) is 8.94. The minimum Gasteiger partial charge on any atom is -0.397 e. The van der Waals surface area contributed by atoms with Gasteiger partial charge >= 0.3 is 0 Å². The predicted octanol–water partition coefficient (Wildman–Crippen LogP) is 2.91. The molecule has 10 nitrogen and oxygen atoms in total. The Morgan fingerprint density at radius 3 is 1.71 bits per heavy atom. The van der Waals surface area contributed by atoms with E-state index in [9.17, 15) is 0 Å². The highest BCUT2D eigenvalue weighted by Crippen LogP contribution is 2.32. The minimum atomic E-state index is 0.792. The van der Waals surface area contributed by atoms with Gasteiger partial charge in [-0.25, -0.2) is 19.9 Å². The number of aromatic nitrogens is 6. The van der Waals surface area contributed by atoms with Crippen molar-refractivity contribution in [1.29, 1.82) is 0 Å². The number of likely N-dealkylation sites (N-methyl/N-ethyl adjacent to an activating group) is 1. The van der Waals surface area contributed by atoms with Crippen LogP contribution in [-0.4, -0.2) is 54.9 Å². The topological polar surface area (TPSA) is 119 Å². The first-order valence-corrected chi connectivity index (χ1v) is 12.0. The molecule has 2 aliphatic rings.